The first kappa shape index (κ1) is 35.9. The number of carbonyl (C=O) groups is 4. The van der Waals surface area contributed by atoms with Gasteiger partial charge in [0, 0.05) is 12.8 Å². The maximum Gasteiger partial charge on any atom is 0.308 e. The number of aliphatic carboxylic acids is 1. The molecule has 1 N–H and O–H groups in total. The predicted octanol–water partition coefficient (Wildman–Crippen LogP) is 6.97. The summed E-state index contributed by atoms with van der Waals surface area (Å²) in [6.45, 7) is 17.3. The molecule has 0 aliphatic heterocycles. The SMILES string of the molecule is CC(C(=O)O)C1CCC(CC(=O)OC(C)(C)C)CC1.CCOC(=O)C(C)C1CCC(CC(=O)OC(C)(C)C)CC1. The molecule has 2 rings (SSSR count). The molecular formula is C32H56O8. The smallest absolute Gasteiger partial charge is 0.308 e. The van der Waals surface area contributed by atoms with E-state index in [9.17, 15) is 19.2 Å². The first-order valence-electron chi connectivity index (χ1n) is 15.2. The second-order valence-electron chi connectivity index (χ2n) is 13.8. The molecule has 0 amide bonds. The van der Waals surface area contributed by atoms with Gasteiger partial charge in [-0.15, -0.1) is 0 Å². The first-order valence-corrected chi connectivity index (χ1v) is 15.2. The minimum atomic E-state index is -0.712. The van der Waals surface area contributed by atoms with Crippen molar-refractivity contribution in [3.05, 3.63) is 0 Å². The maximum atomic E-state index is 11.8. The van der Waals surface area contributed by atoms with Crippen molar-refractivity contribution in [1.82, 2.24) is 0 Å². The van der Waals surface area contributed by atoms with Crippen LogP contribution in [0.25, 0.3) is 0 Å². The van der Waals surface area contributed by atoms with Gasteiger partial charge in [-0.05, 0) is 124 Å². The van der Waals surface area contributed by atoms with Gasteiger partial charge in [0.05, 0.1) is 18.4 Å². The Hall–Kier alpha value is -2.12. The Bertz CT molecular complexity index is 806. The number of hydrogen-bond acceptors (Lipinski definition) is 7. The molecule has 232 valence electrons. The molecule has 2 aliphatic rings. The van der Waals surface area contributed by atoms with E-state index in [1.54, 1.807) is 6.92 Å². The van der Waals surface area contributed by atoms with Gasteiger partial charge < -0.3 is 19.3 Å². The summed E-state index contributed by atoms with van der Waals surface area (Å²) >= 11 is 0. The van der Waals surface area contributed by atoms with Crippen LogP contribution in [-0.4, -0.2) is 46.8 Å². The molecule has 0 aromatic rings. The van der Waals surface area contributed by atoms with Crippen LogP contribution in [0.15, 0.2) is 0 Å². The highest BCUT2D eigenvalue weighted by atomic mass is 16.6. The summed E-state index contributed by atoms with van der Waals surface area (Å²) in [5.41, 5.74) is -0.835. The summed E-state index contributed by atoms with van der Waals surface area (Å²) in [7, 11) is 0. The Labute approximate surface area is 242 Å². The fourth-order valence-electron chi connectivity index (χ4n) is 5.69. The van der Waals surface area contributed by atoms with Crippen molar-refractivity contribution in [3.63, 3.8) is 0 Å². The van der Waals surface area contributed by atoms with Crippen LogP contribution in [0.3, 0.4) is 0 Å². The number of hydrogen-bond donors (Lipinski definition) is 1. The summed E-state index contributed by atoms with van der Waals surface area (Å²) < 4.78 is 15.8. The van der Waals surface area contributed by atoms with E-state index in [1.807, 2.05) is 55.4 Å². The zero-order chi connectivity index (χ0) is 30.7. The van der Waals surface area contributed by atoms with Crippen molar-refractivity contribution in [3.8, 4) is 0 Å². The lowest BCUT2D eigenvalue weighted by molar-refractivity contribution is -0.157. The van der Waals surface area contributed by atoms with Crippen LogP contribution in [0.1, 0.15) is 127 Å². The van der Waals surface area contributed by atoms with Crippen molar-refractivity contribution in [1.29, 1.82) is 0 Å². The van der Waals surface area contributed by atoms with Crippen LogP contribution in [-0.2, 0) is 33.4 Å². The quantitative estimate of drug-likeness (QED) is 0.234. The van der Waals surface area contributed by atoms with E-state index in [4.69, 9.17) is 19.3 Å². The number of rotatable bonds is 9. The van der Waals surface area contributed by atoms with Gasteiger partial charge in [0.2, 0.25) is 0 Å². The van der Waals surface area contributed by atoms with Crippen molar-refractivity contribution in [2.24, 2.45) is 35.5 Å². The van der Waals surface area contributed by atoms with Gasteiger partial charge in [0.1, 0.15) is 11.2 Å². The van der Waals surface area contributed by atoms with Gasteiger partial charge in [-0.2, -0.15) is 0 Å². The van der Waals surface area contributed by atoms with Gasteiger partial charge in [-0.1, -0.05) is 13.8 Å². The molecule has 40 heavy (non-hydrogen) atoms. The summed E-state index contributed by atoms with van der Waals surface area (Å²) in [4.78, 5) is 46.3. The number of carbonyl (C=O) groups excluding carboxylic acids is 3. The predicted molar refractivity (Wildman–Crippen MR) is 154 cm³/mol. The molecule has 0 aromatic heterocycles. The average molecular weight is 569 g/mol. The summed E-state index contributed by atoms with van der Waals surface area (Å²) in [6.07, 6.45) is 8.61. The van der Waals surface area contributed by atoms with E-state index in [1.165, 1.54) is 0 Å². The second-order valence-corrected chi connectivity index (χ2v) is 13.8. The molecule has 0 heterocycles. The zero-order valence-electron chi connectivity index (χ0n) is 26.5. The minimum Gasteiger partial charge on any atom is -0.481 e. The average Bonchev–Trinajstić information content (AvgIpc) is 2.82. The van der Waals surface area contributed by atoms with Gasteiger partial charge >= 0.3 is 23.9 Å². The van der Waals surface area contributed by atoms with E-state index in [0.717, 1.165) is 51.4 Å². The number of ether oxygens (including phenoxy) is 3. The largest absolute Gasteiger partial charge is 0.481 e. The summed E-state index contributed by atoms with van der Waals surface area (Å²) in [5, 5.41) is 9.00. The maximum absolute atomic E-state index is 11.8. The topological polar surface area (TPSA) is 116 Å². The Morgan fingerprint density at radius 2 is 1.02 bits per heavy atom. The molecule has 0 bridgehead atoms. The Balaban J connectivity index is 0.000000402. The zero-order valence-corrected chi connectivity index (χ0v) is 26.5. The van der Waals surface area contributed by atoms with E-state index in [2.05, 4.69) is 0 Å². The number of carboxylic acid groups (broad SMARTS) is 1. The highest BCUT2D eigenvalue weighted by Crippen LogP contribution is 2.36. The molecule has 0 aromatic carbocycles. The van der Waals surface area contributed by atoms with Gasteiger partial charge in [0.25, 0.3) is 0 Å². The van der Waals surface area contributed by atoms with Crippen LogP contribution in [0.4, 0.5) is 0 Å². The molecule has 0 spiro atoms. The fourth-order valence-corrected chi connectivity index (χ4v) is 5.69. The van der Waals surface area contributed by atoms with Crippen LogP contribution in [0.2, 0.25) is 0 Å². The van der Waals surface area contributed by atoms with Crippen LogP contribution in [0.5, 0.6) is 0 Å². The minimum absolute atomic E-state index is 0.0348. The van der Waals surface area contributed by atoms with Crippen molar-refractivity contribution in [2.45, 2.75) is 138 Å². The van der Waals surface area contributed by atoms with E-state index in [-0.39, 0.29) is 35.7 Å². The second kappa shape index (κ2) is 16.4. The molecular weight excluding hydrogens is 512 g/mol. The molecule has 0 saturated heterocycles. The lowest BCUT2D eigenvalue weighted by Crippen LogP contribution is -2.29. The molecule has 2 aliphatic carbocycles. The highest BCUT2D eigenvalue weighted by Gasteiger charge is 2.32. The lowest BCUT2D eigenvalue weighted by Gasteiger charge is -2.31. The molecule has 2 fully saturated rings. The van der Waals surface area contributed by atoms with Gasteiger partial charge in [-0.3, -0.25) is 19.2 Å². The van der Waals surface area contributed by atoms with Crippen molar-refractivity contribution < 1.29 is 38.5 Å². The lowest BCUT2D eigenvalue weighted by atomic mass is 9.75. The first-order chi connectivity index (χ1) is 18.4. The van der Waals surface area contributed by atoms with Crippen molar-refractivity contribution in [2.75, 3.05) is 6.61 Å². The Kier molecular flexibility index (Phi) is 14.7. The third-order valence-corrected chi connectivity index (χ3v) is 8.00. The third kappa shape index (κ3) is 14.5. The summed E-state index contributed by atoms with van der Waals surface area (Å²) in [5.74, 6) is 0.0362. The number of carboxylic acids is 1. The van der Waals surface area contributed by atoms with Gasteiger partial charge in [-0.25, -0.2) is 0 Å². The van der Waals surface area contributed by atoms with Crippen LogP contribution < -0.4 is 0 Å². The van der Waals surface area contributed by atoms with E-state index in [0.29, 0.717) is 37.2 Å². The highest BCUT2D eigenvalue weighted by molar-refractivity contribution is 5.72. The van der Waals surface area contributed by atoms with Crippen LogP contribution in [0, 0.1) is 35.5 Å². The third-order valence-electron chi connectivity index (χ3n) is 8.00. The standard InChI is InChI=1S/C17H30O4.C15H26O4/c1-6-20-16(19)12(2)14-9-7-13(8-10-14)11-15(18)21-17(3,4)5;1-10(14(17)18)12-7-5-11(6-8-12)9-13(16)19-15(2,3)4/h12-14H,6-11H2,1-5H3;10-12H,5-9H2,1-4H3,(H,17,18). The summed E-state index contributed by atoms with van der Waals surface area (Å²) in [6, 6.07) is 0. The van der Waals surface area contributed by atoms with Gasteiger partial charge in [0.15, 0.2) is 0 Å². The van der Waals surface area contributed by atoms with E-state index >= 15 is 0 Å². The number of esters is 3. The fraction of sp³-hybridized carbons (Fsp3) is 0.875. The van der Waals surface area contributed by atoms with Crippen molar-refractivity contribution >= 4 is 23.9 Å². The molecule has 8 heteroatoms. The molecule has 2 unspecified atom stereocenters. The van der Waals surface area contributed by atoms with Crippen LogP contribution >= 0.6 is 0 Å². The molecule has 2 saturated carbocycles. The normalized spacial score (nSPS) is 24.9. The monoisotopic (exact) mass is 568 g/mol. The molecule has 2 atom stereocenters. The molecule has 8 nitrogen and oxygen atoms in total. The molecule has 0 radical (unpaired) electrons. The van der Waals surface area contributed by atoms with E-state index < -0.39 is 17.2 Å². The Morgan fingerprint density at radius 1 is 0.675 bits per heavy atom. The Morgan fingerprint density at radius 3 is 1.32 bits per heavy atom.